The van der Waals surface area contributed by atoms with Crippen LogP contribution in [0.2, 0.25) is 0 Å². The Morgan fingerprint density at radius 2 is 2.07 bits per heavy atom. The summed E-state index contributed by atoms with van der Waals surface area (Å²) in [5, 5.41) is 14.6. The van der Waals surface area contributed by atoms with Crippen molar-refractivity contribution >= 4 is 17.7 Å². The zero-order chi connectivity index (χ0) is 19.9. The van der Waals surface area contributed by atoms with Crippen molar-refractivity contribution < 1.29 is 23.7 Å². The maximum atomic E-state index is 11.8. The molecule has 9 heteroatoms. The predicted octanol–water partition coefficient (Wildman–Crippen LogP) is 3.41. The fourth-order valence-corrected chi connectivity index (χ4v) is 2.34. The van der Waals surface area contributed by atoms with Gasteiger partial charge in [0, 0.05) is 18.2 Å². The van der Waals surface area contributed by atoms with Crippen LogP contribution in [0.4, 0.5) is 5.69 Å². The van der Waals surface area contributed by atoms with Gasteiger partial charge in [0.1, 0.15) is 5.75 Å². The number of rotatable bonds is 7. The van der Waals surface area contributed by atoms with Crippen molar-refractivity contribution in [3.63, 3.8) is 0 Å². The fourth-order valence-electron chi connectivity index (χ4n) is 2.34. The fraction of sp³-hybridized carbons (Fsp3) is 0.105. The number of para-hydroxylation sites is 1. The molecule has 0 saturated carbocycles. The molecule has 0 atom stereocenters. The van der Waals surface area contributed by atoms with Crippen molar-refractivity contribution in [2.45, 2.75) is 6.61 Å². The first-order valence-electron chi connectivity index (χ1n) is 8.12. The molecule has 0 unspecified atom stereocenters. The summed E-state index contributed by atoms with van der Waals surface area (Å²) in [4.78, 5) is 26.3. The number of nitro benzene ring substituents is 1. The van der Waals surface area contributed by atoms with E-state index >= 15 is 0 Å². The Labute approximate surface area is 159 Å². The number of nitro groups is 1. The Morgan fingerprint density at radius 3 is 2.86 bits per heavy atom. The van der Waals surface area contributed by atoms with E-state index in [-0.39, 0.29) is 18.2 Å². The monoisotopic (exact) mass is 381 g/mol. The number of non-ortho nitro benzene ring substituents is 1. The molecule has 0 fully saturated rings. The van der Waals surface area contributed by atoms with E-state index < -0.39 is 10.9 Å². The van der Waals surface area contributed by atoms with Gasteiger partial charge >= 0.3 is 5.97 Å². The lowest BCUT2D eigenvalue weighted by Crippen LogP contribution is -2.01. The smallest absolute Gasteiger partial charge is 0.331 e. The molecular formula is C19H15N3O6. The Morgan fingerprint density at radius 1 is 1.25 bits per heavy atom. The minimum absolute atomic E-state index is 0.0646. The average Bonchev–Trinajstić information content (AvgIpc) is 3.19. The van der Waals surface area contributed by atoms with Crippen LogP contribution in [0.3, 0.4) is 0 Å². The highest BCUT2D eigenvalue weighted by molar-refractivity contribution is 5.87. The summed E-state index contributed by atoms with van der Waals surface area (Å²) in [6, 6.07) is 13.1. The van der Waals surface area contributed by atoms with Crippen molar-refractivity contribution in [1.29, 1.82) is 0 Å². The summed E-state index contributed by atoms with van der Waals surface area (Å²) in [5.41, 5.74) is 1.09. The van der Waals surface area contributed by atoms with Crippen LogP contribution < -0.4 is 4.74 Å². The summed E-state index contributed by atoms with van der Waals surface area (Å²) in [7, 11) is 1.54. The molecule has 3 aromatic rings. The maximum absolute atomic E-state index is 11.8. The van der Waals surface area contributed by atoms with E-state index in [0.29, 0.717) is 22.7 Å². The first-order chi connectivity index (χ1) is 13.6. The summed E-state index contributed by atoms with van der Waals surface area (Å²) in [6.45, 7) is -0.208. The molecular weight excluding hydrogens is 366 g/mol. The lowest BCUT2D eigenvalue weighted by molar-refractivity contribution is -0.384. The Hall–Kier alpha value is -4.01. The van der Waals surface area contributed by atoms with Crippen LogP contribution in [0, 0.1) is 10.1 Å². The molecule has 0 N–H and O–H groups in total. The topological polar surface area (TPSA) is 118 Å². The van der Waals surface area contributed by atoms with Gasteiger partial charge in [-0.15, -0.1) is 0 Å². The molecule has 0 spiro atoms. The average molecular weight is 381 g/mol. The van der Waals surface area contributed by atoms with Crippen LogP contribution in [0.15, 0.2) is 59.1 Å². The number of hydrogen-bond acceptors (Lipinski definition) is 8. The molecule has 0 amide bonds. The van der Waals surface area contributed by atoms with E-state index in [1.54, 1.807) is 18.2 Å². The minimum Gasteiger partial charge on any atom is -0.496 e. The molecule has 0 aliphatic heterocycles. The zero-order valence-corrected chi connectivity index (χ0v) is 14.8. The number of ether oxygens (including phenoxy) is 2. The SMILES string of the molecule is COc1ccccc1-c1noc(COC(=O)/C=C/c2cccc([N+](=O)[O-])c2)n1. The highest BCUT2D eigenvalue weighted by Gasteiger charge is 2.13. The first-order valence-corrected chi connectivity index (χ1v) is 8.12. The van der Waals surface area contributed by atoms with Crippen LogP contribution in [-0.4, -0.2) is 28.1 Å². The Kier molecular flexibility index (Phi) is 5.75. The molecule has 0 saturated heterocycles. The second kappa shape index (κ2) is 8.58. The zero-order valence-electron chi connectivity index (χ0n) is 14.8. The molecule has 0 radical (unpaired) electrons. The third-order valence-electron chi connectivity index (χ3n) is 3.65. The number of carbonyl (C=O) groups excluding carboxylic acids is 1. The van der Waals surface area contributed by atoms with Crippen LogP contribution in [-0.2, 0) is 16.1 Å². The largest absolute Gasteiger partial charge is 0.496 e. The van der Waals surface area contributed by atoms with Crippen molar-refractivity contribution in [2.75, 3.05) is 7.11 Å². The standard InChI is InChI=1S/C19H15N3O6/c1-26-16-8-3-2-7-15(16)19-20-17(28-21-19)12-27-18(23)10-9-13-5-4-6-14(11-13)22(24)25/h2-11H,12H2,1H3/b10-9+. The highest BCUT2D eigenvalue weighted by atomic mass is 16.6. The Balaban J connectivity index is 1.60. The van der Waals surface area contributed by atoms with Crippen molar-refractivity contribution in [2.24, 2.45) is 0 Å². The van der Waals surface area contributed by atoms with Gasteiger partial charge in [-0.2, -0.15) is 4.98 Å². The number of carbonyl (C=O) groups is 1. The van der Waals surface area contributed by atoms with E-state index in [1.807, 2.05) is 12.1 Å². The van der Waals surface area contributed by atoms with Crippen LogP contribution in [0.25, 0.3) is 17.5 Å². The van der Waals surface area contributed by atoms with Crippen molar-refractivity contribution in [3.05, 3.63) is 76.2 Å². The third-order valence-corrected chi connectivity index (χ3v) is 3.65. The molecule has 1 aromatic heterocycles. The summed E-state index contributed by atoms with van der Waals surface area (Å²) < 4.78 is 15.4. The third kappa shape index (κ3) is 4.58. The lowest BCUT2D eigenvalue weighted by Gasteiger charge is -2.03. The number of hydrogen-bond donors (Lipinski definition) is 0. The molecule has 9 nitrogen and oxygen atoms in total. The minimum atomic E-state index is -0.649. The van der Waals surface area contributed by atoms with Gasteiger partial charge in [0.05, 0.1) is 17.6 Å². The first kappa shape index (κ1) is 18.8. The predicted molar refractivity (Wildman–Crippen MR) is 98.2 cm³/mol. The van der Waals surface area contributed by atoms with Crippen LogP contribution in [0.5, 0.6) is 5.75 Å². The highest BCUT2D eigenvalue weighted by Crippen LogP contribution is 2.27. The van der Waals surface area contributed by atoms with Gasteiger partial charge in [0.2, 0.25) is 5.82 Å². The van der Waals surface area contributed by atoms with Crippen LogP contribution in [0.1, 0.15) is 11.5 Å². The molecule has 28 heavy (non-hydrogen) atoms. The van der Waals surface area contributed by atoms with Gasteiger partial charge in [-0.3, -0.25) is 10.1 Å². The molecule has 2 aromatic carbocycles. The summed E-state index contributed by atoms with van der Waals surface area (Å²) >= 11 is 0. The number of nitrogens with zero attached hydrogens (tertiary/aromatic N) is 3. The number of methoxy groups -OCH3 is 1. The summed E-state index contributed by atoms with van der Waals surface area (Å²) in [5.74, 6) is 0.379. The second-order valence-corrected chi connectivity index (χ2v) is 5.51. The van der Waals surface area contributed by atoms with Crippen molar-refractivity contribution in [1.82, 2.24) is 10.1 Å². The van der Waals surface area contributed by atoms with Gasteiger partial charge in [0.15, 0.2) is 6.61 Å². The van der Waals surface area contributed by atoms with E-state index in [4.69, 9.17) is 14.0 Å². The molecule has 1 heterocycles. The van der Waals surface area contributed by atoms with E-state index in [9.17, 15) is 14.9 Å². The normalized spacial score (nSPS) is 10.8. The van der Waals surface area contributed by atoms with Gasteiger partial charge in [0.25, 0.3) is 11.6 Å². The van der Waals surface area contributed by atoms with E-state index in [0.717, 1.165) is 6.08 Å². The van der Waals surface area contributed by atoms with E-state index in [2.05, 4.69) is 10.1 Å². The quantitative estimate of drug-likeness (QED) is 0.264. The summed E-state index contributed by atoms with van der Waals surface area (Å²) in [6.07, 6.45) is 2.58. The van der Waals surface area contributed by atoms with Gasteiger partial charge in [-0.25, -0.2) is 4.79 Å². The molecule has 0 aliphatic carbocycles. The molecule has 0 bridgehead atoms. The Bertz CT molecular complexity index is 1030. The van der Waals surface area contributed by atoms with E-state index in [1.165, 1.54) is 31.4 Å². The number of benzene rings is 2. The second-order valence-electron chi connectivity index (χ2n) is 5.51. The van der Waals surface area contributed by atoms with Gasteiger partial charge < -0.3 is 14.0 Å². The maximum Gasteiger partial charge on any atom is 0.331 e. The van der Waals surface area contributed by atoms with Crippen molar-refractivity contribution in [3.8, 4) is 17.1 Å². The lowest BCUT2D eigenvalue weighted by atomic mass is 10.2. The molecule has 142 valence electrons. The van der Waals surface area contributed by atoms with Gasteiger partial charge in [-0.05, 0) is 23.8 Å². The van der Waals surface area contributed by atoms with Gasteiger partial charge in [-0.1, -0.05) is 29.4 Å². The number of aromatic nitrogens is 2. The molecule has 3 rings (SSSR count). The van der Waals surface area contributed by atoms with Crippen LogP contribution >= 0.6 is 0 Å². The molecule has 0 aliphatic rings. The number of esters is 1.